The molecule has 2 N–H and O–H groups in total. The van der Waals surface area contributed by atoms with E-state index < -0.39 is 14.6 Å². The second-order valence-electron chi connectivity index (χ2n) is 8.61. The van der Waals surface area contributed by atoms with Gasteiger partial charge in [0.05, 0.1) is 10.5 Å². The molecule has 0 aromatic heterocycles. The SMILES string of the molecule is CN=C(NCCS(=O)(=O)C(C)(C)C)NCc1ccc(C)cc1OC(C)(C)C.I. The standard InChI is InChI=1S/C20H35N3O3S.HI/c1-15-9-10-16(17(13-15)26-19(2,3)4)14-23-18(21-8)22-11-12-27(24,25)20(5,6)7;/h9-10,13H,11-12,14H2,1-8H3,(H2,21,22,23);1H. The van der Waals surface area contributed by atoms with E-state index in [4.69, 9.17) is 4.74 Å². The van der Waals surface area contributed by atoms with Gasteiger partial charge in [0.1, 0.15) is 11.4 Å². The van der Waals surface area contributed by atoms with Crippen molar-refractivity contribution in [3.63, 3.8) is 0 Å². The van der Waals surface area contributed by atoms with Crippen LogP contribution in [0, 0.1) is 6.92 Å². The number of rotatable bonds is 6. The van der Waals surface area contributed by atoms with Crippen LogP contribution in [-0.2, 0) is 16.4 Å². The first-order chi connectivity index (χ1) is 12.2. The van der Waals surface area contributed by atoms with Crippen molar-refractivity contribution in [2.24, 2.45) is 4.99 Å². The van der Waals surface area contributed by atoms with Gasteiger partial charge in [0.2, 0.25) is 0 Å². The van der Waals surface area contributed by atoms with Gasteiger partial charge in [0.15, 0.2) is 15.8 Å². The zero-order valence-corrected chi connectivity index (χ0v) is 21.5. The molecule has 0 spiro atoms. The molecule has 1 aromatic carbocycles. The number of guanidine groups is 1. The monoisotopic (exact) mass is 525 g/mol. The first-order valence-electron chi connectivity index (χ1n) is 9.20. The minimum atomic E-state index is -3.17. The number of aryl methyl sites for hydroxylation is 1. The van der Waals surface area contributed by atoms with Gasteiger partial charge in [-0.05, 0) is 60.1 Å². The van der Waals surface area contributed by atoms with Gasteiger partial charge in [0.25, 0.3) is 0 Å². The molecular formula is C20H36IN3O3S. The molecule has 0 unspecified atom stereocenters. The van der Waals surface area contributed by atoms with Gasteiger partial charge in [-0.1, -0.05) is 12.1 Å². The molecule has 0 atom stereocenters. The molecule has 0 amide bonds. The lowest BCUT2D eigenvalue weighted by Gasteiger charge is -2.24. The number of nitrogens with one attached hydrogen (secondary N) is 2. The van der Waals surface area contributed by atoms with Crippen LogP contribution in [0.5, 0.6) is 5.75 Å². The van der Waals surface area contributed by atoms with Crippen LogP contribution in [0.15, 0.2) is 23.2 Å². The van der Waals surface area contributed by atoms with Gasteiger partial charge in [-0.25, -0.2) is 8.42 Å². The summed E-state index contributed by atoms with van der Waals surface area (Å²) in [4.78, 5) is 4.17. The number of benzene rings is 1. The molecule has 0 aliphatic carbocycles. The summed E-state index contributed by atoms with van der Waals surface area (Å²) in [6, 6.07) is 6.09. The fraction of sp³-hybridized carbons (Fsp3) is 0.650. The molecule has 1 rings (SSSR count). The number of ether oxygens (including phenoxy) is 1. The van der Waals surface area contributed by atoms with Gasteiger partial charge in [0, 0.05) is 25.7 Å². The summed E-state index contributed by atoms with van der Waals surface area (Å²) < 4.78 is 29.7. The Labute approximate surface area is 187 Å². The Hall–Kier alpha value is -1.03. The molecule has 8 heteroatoms. The molecule has 0 heterocycles. The van der Waals surface area contributed by atoms with E-state index in [1.165, 1.54) is 0 Å². The van der Waals surface area contributed by atoms with Crippen molar-refractivity contribution in [1.82, 2.24) is 10.6 Å². The molecule has 0 saturated heterocycles. The Balaban J connectivity index is 0.00000729. The number of nitrogens with zero attached hydrogens (tertiary/aromatic N) is 1. The van der Waals surface area contributed by atoms with E-state index in [0.29, 0.717) is 19.0 Å². The first-order valence-corrected chi connectivity index (χ1v) is 10.9. The van der Waals surface area contributed by atoms with Gasteiger partial charge in [-0.2, -0.15) is 0 Å². The number of sulfone groups is 1. The molecule has 6 nitrogen and oxygen atoms in total. The summed E-state index contributed by atoms with van der Waals surface area (Å²) in [5.41, 5.74) is 1.86. The lowest BCUT2D eigenvalue weighted by Crippen LogP contribution is -2.41. The molecule has 0 aliphatic rings. The van der Waals surface area contributed by atoms with Gasteiger partial charge in [-0.15, -0.1) is 24.0 Å². The third-order valence-corrected chi connectivity index (χ3v) is 6.51. The van der Waals surface area contributed by atoms with E-state index in [1.807, 2.05) is 45.9 Å². The minimum Gasteiger partial charge on any atom is -0.488 e. The molecule has 0 fully saturated rings. The predicted octanol–water partition coefficient (Wildman–Crippen LogP) is 3.67. The zero-order valence-electron chi connectivity index (χ0n) is 18.3. The highest BCUT2D eigenvalue weighted by atomic mass is 127. The van der Waals surface area contributed by atoms with Crippen LogP contribution in [0.4, 0.5) is 0 Å². The van der Waals surface area contributed by atoms with Crippen molar-refractivity contribution in [2.45, 2.75) is 65.4 Å². The minimum absolute atomic E-state index is 0. The quantitative estimate of drug-likeness (QED) is 0.337. The maximum Gasteiger partial charge on any atom is 0.191 e. The highest BCUT2D eigenvalue weighted by Gasteiger charge is 2.28. The van der Waals surface area contributed by atoms with Crippen molar-refractivity contribution < 1.29 is 13.2 Å². The Bertz CT molecular complexity index is 764. The third-order valence-electron chi connectivity index (χ3n) is 3.90. The molecular weight excluding hydrogens is 489 g/mol. The highest BCUT2D eigenvalue weighted by molar-refractivity contribution is 14.0. The van der Waals surface area contributed by atoms with Crippen LogP contribution in [0.1, 0.15) is 52.7 Å². The van der Waals surface area contributed by atoms with E-state index in [-0.39, 0.29) is 35.3 Å². The van der Waals surface area contributed by atoms with Crippen LogP contribution in [0.3, 0.4) is 0 Å². The summed E-state index contributed by atoms with van der Waals surface area (Å²) in [5.74, 6) is 1.45. The second kappa shape index (κ2) is 10.7. The molecule has 0 radical (unpaired) electrons. The molecule has 0 bridgehead atoms. The average molecular weight is 525 g/mol. The summed E-state index contributed by atoms with van der Waals surface area (Å²) in [6.07, 6.45) is 0. The number of hydrogen-bond donors (Lipinski definition) is 2. The normalized spacial score (nSPS) is 12.9. The first kappa shape index (κ1) is 27.0. The van der Waals surface area contributed by atoms with E-state index in [2.05, 4.69) is 15.6 Å². The van der Waals surface area contributed by atoms with Crippen LogP contribution in [0.2, 0.25) is 0 Å². The van der Waals surface area contributed by atoms with Crippen molar-refractivity contribution in [1.29, 1.82) is 0 Å². The van der Waals surface area contributed by atoms with Gasteiger partial charge < -0.3 is 15.4 Å². The smallest absolute Gasteiger partial charge is 0.191 e. The number of hydrogen-bond acceptors (Lipinski definition) is 4. The maximum absolute atomic E-state index is 12.2. The second-order valence-corrected chi connectivity index (χ2v) is 11.5. The average Bonchev–Trinajstić information content (AvgIpc) is 2.49. The van der Waals surface area contributed by atoms with Crippen LogP contribution in [0.25, 0.3) is 0 Å². The van der Waals surface area contributed by atoms with Gasteiger partial charge >= 0.3 is 0 Å². The fourth-order valence-corrected chi connectivity index (χ4v) is 3.23. The van der Waals surface area contributed by atoms with Crippen LogP contribution >= 0.6 is 24.0 Å². The Morgan fingerprint density at radius 2 is 1.71 bits per heavy atom. The molecule has 162 valence electrons. The molecule has 28 heavy (non-hydrogen) atoms. The fourth-order valence-electron chi connectivity index (χ4n) is 2.24. The third kappa shape index (κ3) is 8.98. The number of aliphatic imine (C=N–C) groups is 1. The Morgan fingerprint density at radius 1 is 1.11 bits per heavy atom. The Morgan fingerprint density at radius 3 is 2.21 bits per heavy atom. The van der Waals surface area contributed by atoms with Crippen molar-refractivity contribution in [2.75, 3.05) is 19.3 Å². The van der Waals surface area contributed by atoms with Gasteiger partial charge in [-0.3, -0.25) is 4.99 Å². The van der Waals surface area contributed by atoms with Crippen LogP contribution < -0.4 is 15.4 Å². The topological polar surface area (TPSA) is 79.8 Å². The maximum atomic E-state index is 12.2. The lowest BCUT2D eigenvalue weighted by atomic mass is 10.1. The van der Waals surface area contributed by atoms with Crippen molar-refractivity contribution in [3.05, 3.63) is 29.3 Å². The summed E-state index contributed by atoms with van der Waals surface area (Å²) in [7, 11) is -1.50. The molecule has 0 aliphatic heterocycles. The Kier molecular flexibility index (Phi) is 10.3. The largest absolute Gasteiger partial charge is 0.488 e. The highest BCUT2D eigenvalue weighted by Crippen LogP contribution is 2.24. The lowest BCUT2D eigenvalue weighted by molar-refractivity contribution is 0.129. The van der Waals surface area contributed by atoms with Crippen molar-refractivity contribution >= 4 is 39.8 Å². The summed E-state index contributed by atoms with van der Waals surface area (Å²) >= 11 is 0. The predicted molar refractivity (Wildman–Crippen MR) is 129 cm³/mol. The van der Waals surface area contributed by atoms with Crippen molar-refractivity contribution in [3.8, 4) is 5.75 Å². The summed E-state index contributed by atoms with van der Waals surface area (Å²) in [6.45, 7) is 14.0. The van der Waals surface area contributed by atoms with E-state index in [1.54, 1.807) is 27.8 Å². The zero-order chi connectivity index (χ0) is 20.9. The van der Waals surface area contributed by atoms with Crippen LogP contribution in [-0.4, -0.2) is 44.1 Å². The van der Waals surface area contributed by atoms with E-state index in [9.17, 15) is 8.42 Å². The summed E-state index contributed by atoms with van der Waals surface area (Å²) in [5, 5.41) is 6.29. The van der Waals surface area contributed by atoms with E-state index >= 15 is 0 Å². The van der Waals surface area contributed by atoms with E-state index in [0.717, 1.165) is 16.9 Å². The molecule has 0 saturated carbocycles. The number of halogens is 1. The molecule has 1 aromatic rings.